The summed E-state index contributed by atoms with van der Waals surface area (Å²) in [6, 6.07) is 5.22. The lowest BCUT2D eigenvalue weighted by atomic mass is 9.85. The summed E-state index contributed by atoms with van der Waals surface area (Å²) in [4.78, 5) is 12.1. The lowest BCUT2D eigenvalue weighted by Crippen LogP contribution is -2.34. The van der Waals surface area contributed by atoms with Gasteiger partial charge in [0.2, 0.25) is 0 Å². The van der Waals surface area contributed by atoms with Gasteiger partial charge in [0.25, 0.3) is 5.91 Å². The Labute approximate surface area is 116 Å². The van der Waals surface area contributed by atoms with Gasteiger partial charge in [-0.2, -0.15) is 0 Å². The molecule has 0 aliphatic rings. The van der Waals surface area contributed by atoms with Gasteiger partial charge in [-0.25, -0.2) is 0 Å². The van der Waals surface area contributed by atoms with Crippen molar-refractivity contribution in [3.05, 3.63) is 29.3 Å². The van der Waals surface area contributed by atoms with E-state index in [-0.39, 0.29) is 11.7 Å². The molecule has 106 valence electrons. The van der Waals surface area contributed by atoms with Crippen molar-refractivity contribution in [3.8, 4) is 5.75 Å². The minimum Gasteiger partial charge on any atom is -0.507 e. The Hall–Kier alpha value is -1.51. The highest BCUT2D eigenvalue weighted by atomic mass is 16.3. The van der Waals surface area contributed by atoms with Crippen LogP contribution in [0, 0.1) is 24.7 Å². The molecule has 1 rings (SSSR count). The van der Waals surface area contributed by atoms with Gasteiger partial charge in [0.1, 0.15) is 5.75 Å². The molecule has 0 saturated carbocycles. The molecule has 0 atom stereocenters. The molecular weight excluding hydrogens is 238 g/mol. The average molecular weight is 263 g/mol. The van der Waals surface area contributed by atoms with Crippen LogP contribution in [-0.2, 0) is 0 Å². The topological polar surface area (TPSA) is 49.3 Å². The number of phenolic OH excluding ortho intramolecular Hbond substituents is 1. The van der Waals surface area contributed by atoms with Crippen LogP contribution in [0.15, 0.2) is 18.2 Å². The van der Waals surface area contributed by atoms with E-state index in [9.17, 15) is 9.90 Å². The molecule has 19 heavy (non-hydrogen) atoms. The molecule has 3 heteroatoms. The van der Waals surface area contributed by atoms with Gasteiger partial charge in [-0.3, -0.25) is 4.79 Å². The Morgan fingerprint density at radius 2 is 1.79 bits per heavy atom. The molecular formula is C16H25NO2. The summed E-state index contributed by atoms with van der Waals surface area (Å²) >= 11 is 0. The highest BCUT2D eigenvalue weighted by Gasteiger charge is 2.19. The minimum absolute atomic E-state index is 0.0747. The summed E-state index contributed by atoms with van der Waals surface area (Å²) < 4.78 is 0. The van der Waals surface area contributed by atoms with Crippen molar-refractivity contribution in [2.45, 2.75) is 34.6 Å². The van der Waals surface area contributed by atoms with Crippen LogP contribution in [0.25, 0.3) is 0 Å². The van der Waals surface area contributed by atoms with Crippen molar-refractivity contribution in [1.82, 2.24) is 5.32 Å². The summed E-state index contributed by atoms with van der Waals surface area (Å²) in [5.74, 6) is 1.35. The van der Waals surface area contributed by atoms with Crippen LogP contribution in [0.1, 0.15) is 43.6 Å². The monoisotopic (exact) mass is 263 g/mol. The molecule has 2 N–H and O–H groups in total. The van der Waals surface area contributed by atoms with E-state index in [1.54, 1.807) is 25.1 Å². The normalized spacial score (nSPS) is 11.4. The molecule has 0 fully saturated rings. The van der Waals surface area contributed by atoms with Gasteiger partial charge in [0.05, 0.1) is 5.56 Å². The maximum Gasteiger partial charge on any atom is 0.255 e. The molecule has 0 saturated heterocycles. The lowest BCUT2D eigenvalue weighted by Gasteiger charge is -2.25. The average Bonchev–Trinajstić information content (AvgIpc) is 2.31. The van der Waals surface area contributed by atoms with E-state index in [2.05, 4.69) is 33.0 Å². The van der Waals surface area contributed by atoms with Gasteiger partial charge in [0.15, 0.2) is 0 Å². The number of hydrogen-bond donors (Lipinski definition) is 2. The van der Waals surface area contributed by atoms with Crippen LogP contribution in [0.4, 0.5) is 0 Å². The van der Waals surface area contributed by atoms with E-state index < -0.39 is 0 Å². The molecule has 1 aromatic carbocycles. The summed E-state index contributed by atoms with van der Waals surface area (Å²) in [6.07, 6.45) is 0. The molecule has 0 bridgehead atoms. The fourth-order valence-electron chi connectivity index (χ4n) is 2.39. The van der Waals surface area contributed by atoms with Crippen LogP contribution in [0.2, 0.25) is 0 Å². The lowest BCUT2D eigenvalue weighted by molar-refractivity contribution is 0.0934. The van der Waals surface area contributed by atoms with Gasteiger partial charge in [-0.05, 0) is 36.3 Å². The first-order chi connectivity index (χ1) is 8.84. The fraction of sp³-hybridized carbons (Fsp3) is 0.562. The summed E-state index contributed by atoms with van der Waals surface area (Å²) in [5.41, 5.74) is 1.07. The van der Waals surface area contributed by atoms with Crippen molar-refractivity contribution in [1.29, 1.82) is 0 Å². The molecule has 3 nitrogen and oxygen atoms in total. The third-order valence-electron chi connectivity index (χ3n) is 3.69. The fourth-order valence-corrected chi connectivity index (χ4v) is 2.39. The second kappa shape index (κ2) is 6.60. The Bertz CT molecular complexity index is 430. The predicted octanol–water partition coefficient (Wildman–Crippen LogP) is 3.36. The highest BCUT2D eigenvalue weighted by Crippen LogP contribution is 2.22. The predicted molar refractivity (Wildman–Crippen MR) is 78.3 cm³/mol. The zero-order valence-corrected chi connectivity index (χ0v) is 12.5. The maximum atomic E-state index is 12.1. The van der Waals surface area contributed by atoms with Gasteiger partial charge in [0, 0.05) is 6.54 Å². The molecule has 0 radical (unpaired) electrons. The van der Waals surface area contributed by atoms with E-state index in [0.717, 1.165) is 5.56 Å². The van der Waals surface area contributed by atoms with Crippen LogP contribution in [0.3, 0.4) is 0 Å². The first kappa shape index (κ1) is 15.5. The molecule has 0 spiro atoms. The SMILES string of the molecule is Cc1cccc(C(=O)NCC(C(C)C)C(C)C)c1O. The number of nitrogens with one attached hydrogen (secondary N) is 1. The number of benzene rings is 1. The Balaban J connectivity index is 2.72. The molecule has 0 heterocycles. The third-order valence-corrected chi connectivity index (χ3v) is 3.69. The van der Waals surface area contributed by atoms with Crippen LogP contribution < -0.4 is 5.32 Å². The van der Waals surface area contributed by atoms with Crippen LogP contribution in [-0.4, -0.2) is 17.6 Å². The maximum absolute atomic E-state index is 12.1. The van der Waals surface area contributed by atoms with Crippen molar-refractivity contribution >= 4 is 5.91 Å². The standard InChI is InChI=1S/C16H25NO2/c1-10(2)14(11(3)4)9-17-16(19)13-8-6-7-12(5)15(13)18/h6-8,10-11,14,18H,9H2,1-5H3,(H,17,19). The summed E-state index contributed by atoms with van der Waals surface area (Å²) in [6.45, 7) is 11.1. The summed E-state index contributed by atoms with van der Waals surface area (Å²) in [7, 11) is 0. The zero-order chi connectivity index (χ0) is 14.6. The molecule has 1 amide bonds. The second-order valence-electron chi connectivity index (χ2n) is 5.83. The number of hydrogen-bond acceptors (Lipinski definition) is 2. The van der Waals surface area contributed by atoms with Crippen molar-refractivity contribution in [2.24, 2.45) is 17.8 Å². The number of aryl methyl sites for hydroxylation is 1. The van der Waals surface area contributed by atoms with E-state index >= 15 is 0 Å². The molecule has 0 aromatic heterocycles. The Morgan fingerprint density at radius 1 is 1.21 bits per heavy atom. The highest BCUT2D eigenvalue weighted by molar-refractivity contribution is 5.97. The number of amides is 1. The zero-order valence-electron chi connectivity index (χ0n) is 12.5. The van der Waals surface area contributed by atoms with E-state index in [0.29, 0.717) is 29.9 Å². The number of carbonyl (C=O) groups excluding carboxylic acids is 1. The van der Waals surface area contributed by atoms with Gasteiger partial charge in [-0.15, -0.1) is 0 Å². The molecule has 1 aromatic rings. The minimum atomic E-state index is -0.201. The molecule has 0 aliphatic carbocycles. The van der Waals surface area contributed by atoms with Crippen LogP contribution in [0.5, 0.6) is 5.75 Å². The quantitative estimate of drug-likeness (QED) is 0.855. The number of aromatic hydroxyl groups is 1. The number of para-hydroxylation sites is 1. The van der Waals surface area contributed by atoms with Crippen LogP contribution >= 0.6 is 0 Å². The van der Waals surface area contributed by atoms with E-state index in [1.807, 2.05) is 0 Å². The third kappa shape index (κ3) is 3.98. The molecule has 0 unspecified atom stereocenters. The van der Waals surface area contributed by atoms with Crippen molar-refractivity contribution in [3.63, 3.8) is 0 Å². The van der Waals surface area contributed by atoms with Gasteiger partial charge < -0.3 is 10.4 Å². The number of phenols is 1. The Kier molecular flexibility index (Phi) is 5.40. The van der Waals surface area contributed by atoms with E-state index in [1.165, 1.54) is 0 Å². The van der Waals surface area contributed by atoms with Crippen molar-refractivity contribution in [2.75, 3.05) is 6.54 Å². The number of rotatable bonds is 5. The largest absolute Gasteiger partial charge is 0.507 e. The first-order valence-corrected chi connectivity index (χ1v) is 6.91. The molecule has 0 aliphatic heterocycles. The number of carbonyl (C=O) groups is 1. The smallest absolute Gasteiger partial charge is 0.255 e. The van der Waals surface area contributed by atoms with Crippen molar-refractivity contribution < 1.29 is 9.90 Å². The van der Waals surface area contributed by atoms with E-state index in [4.69, 9.17) is 0 Å². The second-order valence-corrected chi connectivity index (χ2v) is 5.83. The van der Waals surface area contributed by atoms with Gasteiger partial charge in [-0.1, -0.05) is 39.8 Å². The van der Waals surface area contributed by atoms with Gasteiger partial charge >= 0.3 is 0 Å². The first-order valence-electron chi connectivity index (χ1n) is 6.91. The summed E-state index contributed by atoms with van der Waals surface area (Å²) in [5, 5.41) is 12.8. The Morgan fingerprint density at radius 3 is 2.32 bits per heavy atom.